The van der Waals surface area contributed by atoms with Crippen molar-refractivity contribution in [1.29, 1.82) is 0 Å². The molecule has 0 aliphatic heterocycles. The van der Waals surface area contributed by atoms with E-state index < -0.39 is 0 Å². The molecule has 0 saturated heterocycles. The zero-order chi connectivity index (χ0) is 41.0. The summed E-state index contributed by atoms with van der Waals surface area (Å²) in [6, 6.07) is 76.3. The van der Waals surface area contributed by atoms with E-state index in [0.717, 1.165) is 77.6 Å². The van der Waals surface area contributed by atoms with Crippen molar-refractivity contribution in [3.63, 3.8) is 0 Å². The minimum atomic E-state index is 0.576. The number of furan rings is 1. The topological polar surface area (TPSA) is 56.7 Å². The van der Waals surface area contributed by atoms with E-state index in [2.05, 4.69) is 211 Å². The first kappa shape index (κ1) is 35.5. The Labute approximate surface area is 357 Å². The van der Waals surface area contributed by atoms with Crippen LogP contribution >= 0.6 is 0 Å². The number of para-hydroxylation sites is 1. The second kappa shape index (κ2) is 14.7. The Hall–Kier alpha value is -8.41. The lowest BCUT2D eigenvalue weighted by Crippen LogP contribution is -2.00. The zero-order valence-corrected chi connectivity index (χ0v) is 33.5. The van der Waals surface area contributed by atoms with Gasteiger partial charge in [0.15, 0.2) is 17.5 Å². The maximum Gasteiger partial charge on any atom is 0.164 e. The summed E-state index contributed by atoms with van der Waals surface area (Å²) in [4.78, 5) is 15.2. The fraction of sp³-hybridized carbons (Fsp3) is 0. The third kappa shape index (κ3) is 6.23. The van der Waals surface area contributed by atoms with Gasteiger partial charge in [-0.15, -0.1) is 0 Å². The Morgan fingerprint density at radius 3 is 1.29 bits per heavy atom. The van der Waals surface area contributed by atoms with Crippen molar-refractivity contribution in [3.8, 4) is 73.2 Å². The first-order chi connectivity index (χ1) is 30.7. The highest BCUT2D eigenvalue weighted by Gasteiger charge is 2.18. The summed E-state index contributed by atoms with van der Waals surface area (Å²) >= 11 is 0. The monoisotopic (exact) mass is 792 g/mol. The first-order valence-corrected chi connectivity index (χ1v) is 20.8. The molecule has 0 N–H and O–H groups in total. The van der Waals surface area contributed by atoms with Crippen LogP contribution in [0.2, 0.25) is 0 Å². The van der Waals surface area contributed by atoms with Crippen molar-refractivity contribution >= 4 is 43.7 Å². The number of nitrogens with zero attached hydrogens (tertiary/aromatic N) is 4. The van der Waals surface area contributed by atoms with Crippen LogP contribution in [0.15, 0.2) is 223 Å². The third-order valence-electron chi connectivity index (χ3n) is 11.9. The number of hydrogen-bond donors (Lipinski definition) is 0. The molecule has 0 bridgehead atoms. The van der Waals surface area contributed by atoms with Gasteiger partial charge in [-0.3, -0.25) is 0 Å². The van der Waals surface area contributed by atoms with Gasteiger partial charge in [0.2, 0.25) is 0 Å². The van der Waals surface area contributed by atoms with E-state index in [4.69, 9.17) is 19.4 Å². The van der Waals surface area contributed by atoms with E-state index in [1.54, 1.807) is 0 Å². The van der Waals surface area contributed by atoms with Gasteiger partial charge in [-0.2, -0.15) is 0 Å². The average molecular weight is 793 g/mol. The molecular formula is C57H36N4O. The molecule has 0 aliphatic rings. The van der Waals surface area contributed by atoms with Gasteiger partial charge in [-0.25, -0.2) is 15.0 Å². The molecule has 0 atom stereocenters. The van der Waals surface area contributed by atoms with E-state index >= 15 is 0 Å². The Balaban J connectivity index is 0.951. The van der Waals surface area contributed by atoms with E-state index in [1.807, 2.05) is 12.1 Å². The van der Waals surface area contributed by atoms with Crippen LogP contribution in [-0.4, -0.2) is 19.5 Å². The van der Waals surface area contributed by atoms with Gasteiger partial charge in [0.1, 0.15) is 11.2 Å². The smallest absolute Gasteiger partial charge is 0.164 e. The van der Waals surface area contributed by atoms with Crippen molar-refractivity contribution in [2.75, 3.05) is 0 Å². The highest BCUT2D eigenvalue weighted by Crippen LogP contribution is 2.38. The number of rotatable bonds is 7. The standard InChI is InChI=1S/C57H36N4O/c1-4-12-37(13-5-1)40-20-24-42(25-21-40)55-58-56(43-26-22-41(23-27-43)38-14-6-2-7-15-38)60-57(59-55)45-28-31-48-49-32-30-46(36-54(49)62-53(48)35-45)61-51-19-11-10-18-47(51)50-34-44(29-33-52(50)61)39-16-8-3-9-17-39/h1-36H. The Bertz CT molecular complexity index is 3490. The van der Waals surface area contributed by atoms with Gasteiger partial charge in [0, 0.05) is 50.0 Å². The molecule has 0 aliphatic carbocycles. The van der Waals surface area contributed by atoms with Crippen LogP contribution in [0, 0.1) is 0 Å². The van der Waals surface area contributed by atoms with E-state index in [9.17, 15) is 0 Å². The number of hydrogen-bond acceptors (Lipinski definition) is 4. The van der Waals surface area contributed by atoms with Crippen molar-refractivity contribution in [1.82, 2.24) is 19.5 Å². The molecule has 0 fully saturated rings. The molecule has 3 aromatic heterocycles. The zero-order valence-electron chi connectivity index (χ0n) is 33.5. The quantitative estimate of drug-likeness (QED) is 0.161. The fourth-order valence-electron chi connectivity index (χ4n) is 8.75. The predicted octanol–water partition coefficient (Wildman–Crippen LogP) is 14.9. The summed E-state index contributed by atoms with van der Waals surface area (Å²) in [7, 11) is 0. The minimum Gasteiger partial charge on any atom is -0.456 e. The normalized spacial score (nSPS) is 11.5. The molecular weight excluding hydrogens is 757 g/mol. The lowest BCUT2D eigenvalue weighted by Gasteiger charge is -2.10. The molecule has 0 radical (unpaired) electrons. The maximum atomic E-state index is 6.71. The van der Waals surface area contributed by atoms with Gasteiger partial charge >= 0.3 is 0 Å². The summed E-state index contributed by atoms with van der Waals surface area (Å²) in [6.07, 6.45) is 0. The number of aromatic nitrogens is 4. The van der Waals surface area contributed by atoms with E-state index in [1.165, 1.54) is 21.9 Å². The van der Waals surface area contributed by atoms with Crippen LogP contribution in [0.4, 0.5) is 0 Å². The summed E-state index contributed by atoms with van der Waals surface area (Å²) in [5.74, 6) is 1.79. The molecule has 0 spiro atoms. The lowest BCUT2D eigenvalue weighted by atomic mass is 10.0. The molecule has 0 unspecified atom stereocenters. The van der Waals surface area contributed by atoms with Crippen LogP contribution in [0.25, 0.3) is 117 Å². The molecule has 3 heterocycles. The van der Waals surface area contributed by atoms with Crippen molar-refractivity contribution in [2.45, 2.75) is 0 Å². The largest absolute Gasteiger partial charge is 0.456 e. The second-order valence-electron chi connectivity index (χ2n) is 15.6. The van der Waals surface area contributed by atoms with Crippen LogP contribution < -0.4 is 0 Å². The Morgan fingerprint density at radius 1 is 0.274 bits per heavy atom. The molecule has 12 aromatic rings. The first-order valence-electron chi connectivity index (χ1n) is 20.8. The second-order valence-corrected chi connectivity index (χ2v) is 15.6. The summed E-state index contributed by atoms with van der Waals surface area (Å²) in [5, 5.41) is 4.51. The van der Waals surface area contributed by atoms with Crippen LogP contribution in [0.1, 0.15) is 0 Å². The highest BCUT2D eigenvalue weighted by molar-refractivity contribution is 6.11. The minimum absolute atomic E-state index is 0.576. The molecule has 0 saturated carbocycles. The van der Waals surface area contributed by atoms with E-state index in [0.29, 0.717) is 17.5 Å². The lowest BCUT2D eigenvalue weighted by molar-refractivity contribution is 0.668. The highest BCUT2D eigenvalue weighted by atomic mass is 16.3. The summed E-state index contributed by atoms with van der Waals surface area (Å²) in [5.41, 5.74) is 14.6. The molecule has 290 valence electrons. The van der Waals surface area contributed by atoms with Crippen LogP contribution in [0.3, 0.4) is 0 Å². The van der Waals surface area contributed by atoms with E-state index in [-0.39, 0.29) is 0 Å². The van der Waals surface area contributed by atoms with Gasteiger partial charge < -0.3 is 8.98 Å². The van der Waals surface area contributed by atoms with Crippen LogP contribution in [0.5, 0.6) is 0 Å². The summed E-state index contributed by atoms with van der Waals surface area (Å²) in [6.45, 7) is 0. The predicted molar refractivity (Wildman–Crippen MR) is 254 cm³/mol. The molecule has 5 heteroatoms. The van der Waals surface area contributed by atoms with Gasteiger partial charge in [0.25, 0.3) is 0 Å². The van der Waals surface area contributed by atoms with Gasteiger partial charge in [-0.05, 0) is 75.8 Å². The SMILES string of the molecule is c1ccc(-c2ccc(-c3nc(-c4ccc(-c5ccccc5)cc4)nc(-c4ccc5c(c4)oc4cc(-n6c7ccccc7c7cc(-c8ccccc8)ccc76)ccc45)n3)cc2)cc1. The average Bonchev–Trinajstić information content (AvgIpc) is 3.89. The molecule has 9 aromatic carbocycles. The molecule has 12 rings (SSSR count). The van der Waals surface area contributed by atoms with Gasteiger partial charge in [0.05, 0.1) is 11.0 Å². The molecule has 5 nitrogen and oxygen atoms in total. The molecule has 62 heavy (non-hydrogen) atoms. The van der Waals surface area contributed by atoms with Gasteiger partial charge in [-0.1, -0.05) is 170 Å². The Morgan fingerprint density at radius 2 is 0.694 bits per heavy atom. The fourth-order valence-corrected chi connectivity index (χ4v) is 8.75. The summed E-state index contributed by atoms with van der Waals surface area (Å²) < 4.78 is 9.05. The maximum absolute atomic E-state index is 6.71. The molecule has 0 amide bonds. The van der Waals surface area contributed by atoms with Crippen molar-refractivity contribution in [3.05, 3.63) is 218 Å². The number of benzene rings is 9. The van der Waals surface area contributed by atoms with Crippen molar-refractivity contribution < 1.29 is 4.42 Å². The number of fused-ring (bicyclic) bond motifs is 6. The van der Waals surface area contributed by atoms with Crippen molar-refractivity contribution in [2.24, 2.45) is 0 Å². The Kier molecular flexibility index (Phi) is 8.42. The third-order valence-corrected chi connectivity index (χ3v) is 11.9. The van der Waals surface area contributed by atoms with Crippen LogP contribution in [-0.2, 0) is 0 Å².